The Morgan fingerprint density at radius 3 is 2.00 bits per heavy atom. The van der Waals surface area contributed by atoms with Crippen molar-refractivity contribution in [3.05, 3.63) is 0 Å². The topological polar surface area (TPSA) is 65.0 Å². The van der Waals surface area contributed by atoms with Gasteiger partial charge in [-0.3, -0.25) is 4.99 Å². The zero-order chi connectivity index (χ0) is 12.8. The average molecular weight is 378 g/mol. The Balaban J connectivity index is 0. The van der Waals surface area contributed by atoms with Gasteiger partial charge in [0.05, 0.1) is 6.26 Å². The molecule has 0 rings (SSSR count). The Labute approximate surface area is 122 Å². The minimum absolute atomic E-state index is 0. The molecule has 0 radical (unpaired) electrons. The molecule has 0 saturated heterocycles. The minimum Gasteiger partial charge on any atom is -0.349 e. The molecule has 8 heteroatoms. The van der Waals surface area contributed by atoms with Crippen molar-refractivity contribution in [1.82, 2.24) is 14.5 Å². The molecule has 0 atom stereocenters. The summed E-state index contributed by atoms with van der Waals surface area (Å²) in [6, 6.07) is 0. The number of rotatable bonds is 5. The van der Waals surface area contributed by atoms with Crippen molar-refractivity contribution >= 4 is 40.0 Å². The van der Waals surface area contributed by atoms with E-state index in [4.69, 9.17) is 0 Å². The van der Waals surface area contributed by atoms with Gasteiger partial charge in [0.2, 0.25) is 10.0 Å². The first-order valence-electron chi connectivity index (χ1n) is 5.08. The molecule has 0 spiro atoms. The fourth-order valence-electron chi connectivity index (χ4n) is 1.20. The van der Waals surface area contributed by atoms with Gasteiger partial charge in [0.15, 0.2) is 5.96 Å². The maximum Gasteiger partial charge on any atom is 0.208 e. The normalized spacial score (nSPS) is 10.4. The third kappa shape index (κ3) is 10.8. The molecule has 0 aliphatic rings. The molecule has 0 aromatic heterocycles. The van der Waals surface area contributed by atoms with Crippen LogP contribution in [0.5, 0.6) is 0 Å². The van der Waals surface area contributed by atoms with Gasteiger partial charge in [0.25, 0.3) is 0 Å². The molecule has 104 valence electrons. The maximum absolute atomic E-state index is 10.8. The summed E-state index contributed by atoms with van der Waals surface area (Å²) in [7, 11) is 4.62. The lowest BCUT2D eigenvalue weighted by atomic mass is 10.4. The number of hydrogen-bond acceptors (Lipinski definition) is 3. The predicted octanol–water partition coefficient (Wildman–Crippen LogP) is 0.0229. The van der Waals surface area contributed by atoms with Gasteiger partial charge in [0, 0.05) is 41.3 Å². The standard InChI is InChI=1S/C9H22N4O2S.HI/c1-12(2)9(13(3)4)10-7-6-8-11-16(5,14)15;/h11H,6-8H2,1-5H3;1H. The Morgan fingerprint density at radius 2 is 1.65 bits per heavy atom. The summed E-state index contributed by atoms with van der Waals surface area (Å²) in [5.74, 6) is 0.874. The van der Waals surface area contributed by atoms with Gasteiger partial charge in [-0.15, -0.1) is 24.0 Å². The summed E-state index contributed by atoms with van der Waals surface area (Å²) < 4.78 is 24.0. The Hall–Kier alpha value is -0.0900. The summed E-state index contributed by atoms with van der Waals surface area (Å²) in [5, 5.41) is 0. The highest BCUT2D eigenvalue weighted by atomic mass is 127. The number of halogens is 1. The van der Waals surface area contributed by atoms with Crippen LogP contribution in [0.4, 0.5) is 0 Å². The summed E-state index contributed by atoms with van der Waals surface area (Å²) in [6.45, 7) is 1.03. The van der Waals surface area contributed by atoms with Crippen LogP contribution in [0.25, 0.3) is 0 Å². The highest BCUT2D eigenvalue weighted by Crippen LogP contribution is 1.90. The second-order valence-electron chi connectivity index (χ2n) is 3.99. The van der Waals surface area contributed by atoms with E-state index in [2.05, 4.69) is 9.71 Å². The van der Waals surface area contributed by atoms with Crippen LogP contribution in [0, 0.1) is 0 Å². The van der Waals surface area contributed by atoms with E-state index in [0.717, 1.165) is 12.2 Å². The van der Waals surface area contributed by atoms with Crippen LogP contribution in [-0.2, 0) is 10.0 Å². The second kappa shape index (κ2) is 8.92. The summed E-state index contributed by atoms with van der Waals surface area (Å²) >= 11 is 0. The van der Waals surface area contributed by atoms with Crippen LogP contribution in [0.3, 0.4) is 0 Å². The number of nitrogens with one attached hydrogen (secondary N) is 1. The van der Waals surface area contributed by atoms with Gasteiger partial charge in [-0.05, 0) is 6.42 Å². The van der Waals surface area contributed by atoms with Crippen LogP contribution in [0.1, 0.15) is 6.42 Å². The largest absolute Gasteiger partial charge is 0.349 e. The third-order valence-corrected chi connectivity index (χ3v) is 2.48. The monoisotopic (exact) mass is 378 g/mol. The average Bonchev–Trinajstić information content (AvgIpc) is 2.07. The number of guanidine groups is 1. The van der Waals surface area contributed by atoms with E-state index in [0.29, 0.717) is 19.5 Å². The molecule has 17 heavy (non-hydrogen) atoms. The fourth-order valence-corrected chi connectivity index (χ4v) is 1.71. The molecule has 6 nitrogen and oxygen atoms in total. The maximum atomic E-state index is 10.8. The van der Waals surface area contributed by atoms with E-state index in [-0.39, 0.29) is 24.0 Å². The Morgan fingerprint density at radius 1 is 1.18 bits per heavy atom. The predicted molar refractivity (Wildman–Crippen MR) is 82.6 cm³/mol. The van der Waals surface area contributed by atoms with Crippen molar-refractivity contribution in [1.29, 1.82) is 0 Å². The molecular formula is C9H23IN4O2S. The first-order chi connectivity index (χ1) is 7.24. The van der Waals surface area contributed by atoms with Gasteiger partial charge in [-0.2, -0.15) is 0 Å². The van der Waals surface area contributed by atoms with Gasteiger partial charge >= 0.3 is 0 Å². The van der Waals surface area contributed by atoms with Crippen LogP contribution in [0.15, 0.2) is 4.99 Å². The van der Waals surface area contributed by atoms with E-state index < -0.39 is 10.0 Å². The molecule has 0 aromatic carbocycles. The first kappa shape index (κ1) is 19.3. The van der Waals surface area contributed by atoms with Crippen molar-refractivity contribution < 1.29 is 8.42 Å². The lowest BCUT2D eigenvalue weighted by Crippen LogP contribution is -2.35. The highest BCUT2D eigenvalue weighted by molar-refractivity contribution is 14.0. The lowest BCUT2D eigenvalue weighted by molar-refractivity contribution is 0.479. The van der Waals surface area contributed by atoms with E-state index >= 15 is 0 Å². The zero-order valence-electron chi connectivity index (χ0n) is 11.1. The molecule has 0 heterocycles. The van der Waals surface area contributed by atoms with Crippen LogP contribution in [-0.4, -0.2) is 71.7 Å². The number of hydrogen-bond donors (Lipinski definition) is 1. The molecule has 0 amide bonds. The van der Waals surface area contributed by atoms with Crippen LogP contribution < -0.4 is 4.72 Å². The minimum atomic E-state index is -3.08. The van der Waals surface area contributed by atoms with Crippen molar-refractivity contribution in [2.45, 2.75) is 6.42 Å². The van der Waals surface area contributed by atoms with Crippen molar-refractivity contribution in [2.75, 3.05) is 47.5 Å². The fraction of sp³-hybridized carbons (Fsp3) is 0.889. The molecule has 0 fully saturated rings. The van der Waals surface area contributed by atoms with Crippen molar-refractivity contribution in [3.63, 3.8) is 0 Å². The van der Waals surface area contributed by atoms with Gasteiger partial charge in [-0.25, -0.2) is 13.1 Å². The molecule has 0 unspecified atom stereocenters. The lowest BCUT2D eigenvalue weighted by Gasteiger charge is -2.22. The smallest absolute Gasteiger partial charge is 0.208 e. The summed E-state index contributed by atoms with van der Waals surface area (Å²) in [4.78, 5) is 8.22. The summed E-state index contributed by atoms with van der Waals surface area (Å²) in [6.07, 6.45) is 1.85. The first-order valence-corrected chi connectivity index (χ1v) is 6.97. The Kier molecular flexibility index (Phi) is 10.1. The number of aliphatic imine (C=N–C) groups is 1. The van der Waals surface area contributed by atoms with Crippen molar-refractivity contribution in [3.8, 4) is 0 Å². The van der Waals surface area contributed by atoms with E-state index in [1.165, 1.54) is 0 Å². The van der Waals surface area contributed by atoms with E-state index in [1.807, 2.05) is 38.0 Å². The van der Waals surface area contributed by atoms with Crippen molar-refractivity contribution in [2.24, 2.45) is 4.99 Å². The highest BCUT2D eigenvalue weighted by Gasteiger charge is 2.03. The quantitative estimate of drug-likeness (QED) is 0.317. The molecule has 0 aliphatic heterocycles. The molecular weight excluding hydrogens is 355 g/mol. The zero-order valence-corrected chi connectivity index (χ0v) is 14.2. The molecule has 0 saturated carbocycles. The number of sulfonamides is 1. The number of nitrogens with zero attached hydrogens (tertiary/aromatic N) is 3. The third-order valence-electron chi connectivity index (χ3n) is 1.75. The van der Waals surface area contributed by atoms with E-state index in [9.17, 15) is 8.42 Å². The molecule has 0 bridgehead atoms. The van der Waals surface area contributed by atoms with E-state index in [1.54, 1.807) is 0 Å². The van der Waals surface area contributed by atoms with Gasteiger partial charge in [0.1, 0.15) is 0 Å². The SMILES string of the molecule is CN(C)C(=NCCCNS(C)(=O)=O)N(C)C.I. The second-order valence-corrected chi connectivity index (χ2v) is 5.82. The molecule has 0 aliphatic carbocycles. The van der Waals surface area contributed by atoms with Gasteiger partial charge < -0.3 is 9.80 Å². The van der Waals surface area contributed by atoms with Crippen LogP contribution in [0.2, 0.25) is 0 Å². The Bertz CT molecular complexity index is 318. The van der Waals surface area contributed by atoms with Crippen LogP contribution >= 0.6 is 24.0 Å². The molecule has 1 N–H and O–H groups in total. The van der Waals surface area contributed by atoms with Gasteiger partial charge in [-0.1, -0.05) is 0 Å². The molecule has 0 aromatic rings. The summed E-state index contributed by atoms with van der Waals surface area (Å²) in [5.41, 5.74) is 0.